The summed E-state index contributed by atoms with van der Waals surface area (Å²) in [6, 6.07) is 9.71. The van der Waals surface area contributed by atoms with Gasteiger partial charge in [-0.1, -0.05) is 30.3 Å². The van der Waals surface area contributed by atoms with E-state index in [1.165, 1.54) is 12.7 Å². The molecule has 0 aromatic heterocycles. The molecule has 6 nitrogen and oxygen atoms in total. The lowest BCUT2D eigenvalue weighted by molar-refractivity contribution is -0.145. The highest BCUT2D eigenvalue weighted by atomic mass is 16.6. The summed E-state index contributed by atoms with van der Waals surface area (Å²) in [5.74, 6) is -0.710. The standard InChI is InChI=1S/C18H26N2O4/c1-18(2,3)24-17(22)19-15-12-20(11-14(15)16(21)23-4)10-13-8-6-5-7-9-13/h5-9,14-15H,10-12H2,1-4H3,(H,19,22)/t14?,15-/m1/s1. The number of nitrogens with one attached hydrogen (secondary N) is 1. The summed E-state index contributed by atoms with van der Waals surface area (Å²) in [4.78, 5) is 26.2. The van der Waals surface area contributed by atoms with E-state index < -0.39 is 17.6 Å². The second-order valence-electron chi connectivity index (χ2n) is 7.06. The lowest BCUT2D eigenvalue weighted by Crippen LogP contribution is -2.45. The number of alkyl carbamates (subject to hydrolysis) is 1. The summed E-state index contributed by atoms with van der Waals surface area (Å²) in [6.07, 6.45) is -0.511. The van der Waals surface area contributed by atoms with Crippen LogP contribution in [0.3, 0.4) is 0 Å². The summed E-state index contributed by atoms with van der Waals surface area (Å²) < 4.78 is 10.2. The van der Waals surface area contributed by atoms with Gasteiger partial charge in [-0.05, 0) is 26.3 Å². The molecule has 6 heteroatoms. The molecule has 1 aliphatic rings. The molecule has 1 amide bonds. The molecule has 1 unspecified atom stereocenters. The summed E-state index contributed by atoms with van der Waals surface area (Å²) >= 11 is 0. The number of methoxy groups -OCH3 is 1. The van der Waals surface area contributed by atoms with Crippen molar-refractivity contribution in [1.82, 2.24) is 10.2 Å². The maximum atomic E-state index is 12.0. The second-order valence-corrected chi connectivity index (χ2v) is 7.06. The van der Waals surface area contributed by atoms with Gasteiger partial charge in [0.15, 0.2) is 0 Å². The molecule has 2 rings (SSSR count). The molecular formula is C18H26N2O4. The van der Waals surface area contributed by atoms with Crippen LogP contribution in [0.25, 0.3) is 0 Å². The molecule has 1 heterocycles. The van der Waals surface area contributed by atoms with E-state index in [0.717, 1.165) is 6.54 Å². The number of rotatable bonds is 4. The number of esters is 1. The molecule has 24 heavy (non-hydrogen) atoms. The molecule has 1 N–H and O–H groups in total. The van der Waals surface area contributed by atoms with Gasteiger partial charge in [0.2, 0.25) is 0 Å². The Hall–Kier alpha value is -2.08. The number of nitrogens with zero attached hydrogens (tertiary/aromatic N) is 1. The number of benzene rings is 1. The Kier molecular flexibility index (Phi) is 5.83. The van der Waals surface area contributed by atoms with Crippen LogP contribution in [0.2, 0.25) is 0 Å². The maximum absolute atomic E-state index is 12.0. The quantitative estimate of drug-likeness (QED) is 0.855. The Morgan fingerprint density at radius 3 is 2.46 bits per heavy atom. The minimum absolute atomic E-state index is 0.313. The minimum Gasteiger partial charge on any atom is -0.469 e. The van der Waals surface area contributed by atoms with Gasteiger partial charge in [-0.25, -0.2) is 4.79 Å². The zero-order chi connectivity index (χ0) is 17.7. The van der Waals surface area contributed by atoms with Crippen LogP contribution in [-0.4, -0.2) is 48.8 Å². The van der Waals surface area contributed by atoms with Gasteiger partial charge in [-0.3, -0.25) is 9.69 Å². The number of ether oxygens (including phenoxy) is 2. The predicted octanol–water partition coefficient (Wildman–Crippen LogP) is 2.18. The van der Waals surface area contributed by atoms with Crippen molar-refractivity contribution in [2.75, 3.05) is 20.2 Å². The van der Waals surface area contributed by atoms with Gasteiger partial charge in [-0.15, -0.1) is 0 Å². The Morgan fingerprint density at radius 2 is 1.88 bits per heavy atom. The van der Waals surface area contributed by atoms with Gasteiger partial charge in [0, 0.05) is 19.6 Å². The van der Waals surface area contributed by atoms with Gasteiger partial charge in [0.25, 0.3) is 0 Å². The van der Waals surface area contributed by atoms with Crippen LogP contribution in [0.4, 0.5) is 4.79 Å². The van der Waals surface area contributed by atoms with Crippen molar-refractivity contribution in [3.8, 4) is 0 Å². The van der Waals surface area contributed by atoms with E-state index >= 15 is 0 Å². The monoisotopic (exact) mass is 334 g/mol. The third-order valence-corrected chi connectivity index (χ3v) is 3.85. The van der Waals surface area contributed by atoms with Crippen molar-refractivity contribution < 1.29 is 19.1 Å². The normalized spacial score (nSPS) is 21.3. The molecule has 0 bridgehead atoms. The number of amides is 1. The first-order valence-corrected chi connectivity index (χ1v) is 8.12. The molecule has 0 aliphatic carbocycles. The van der Waals surface area contributed by atoms with Gasteiger partial charge >= 0.3 is 12.1 Å². The second kappa shape index (κ2) is 7.66. The average molecular weight is 334 g/mol. The SMILES string of the molecule is COC(=O)C1CN(Cc2ccccc2)C[C@H]1NC(=O)OC(C)(C)C. The maximum Gasteiger partial charge on any atom is 0.407 e. The zero-order valence-electron chi connectivity index (χ0n) is 14.7. The van der Waals surface area contributed by atoms with Gasteiger partial charge in [0.1, 0.15) is 5.60 Å². The van der Waals surface area contributed by atoms with E-state index in [2.05, 4.69) is 10.2 Å². The number of hydrogen-bond acceptors (Lipinski definition) is 5. The van der Waals surface area contributed by atoms with Crippen molar-refractivity contribution >= 4 is 12.1 Å². The molecule has 1 aromatic carbocycles. The van der Waals surface area contributed by atoms with Crippen molar-refractivity contribution in [3.05, 3.63) is 35.9 Å². The molecule has 1 aliphatic heterocycles. The summed E-state index contributed by atoms with van der Waals surface area (Å²) in [5.41, 5.74) is 0.590. The molecule has 1 fully saturated rings. The fourth-order valence-electron chi connectivity index (χ4n) is 2.85. The largest absolute Gasteiger partial charge is 0.469 e. The summed E-state index contributed by atoms with van der Waals surface area (Å²) in [5, 5.41) is 2.81. The van der Waals surface area contributed by atoms with Crippen molar-refractivity contribution in [2.24, 2.45) is 5.92 Å². The molecule has 0 spiro atoms. The average Bonchev–Trinajstić information content (AvgIpc) is 2.87. The van der Waals surface area contributed by atoms with Gasteiger partial charge in [0.05, 0.1) is 19.1 Å². The van der Waals surface area contributed by atoms with E-state index in [0.29, 0.717) is 13.1 Å². The first kappa shape index (κ1) is 18.3. The van der Waals surface area contributed by atoms with Crippen molar-refractivity contribution in [1.29, 1.82) is 0 Å². The van der Waals surface area contributed by atoms with E-state index in [4.69, 9.17) is 9.47 Å². The highest BCUT2D eigenvalue weighted by Gasteiger charge is 2.39. The topological polar surface area (TPSA) is 67.9 Å². The Morgan fingerprint density at radius 1 is 1.21 bits per heavy atom. The molecule has 132 valence electrons. The minimum atomic E-state index is -0.576. The summed E-state index contributed by atoms with van der Waals surface area (Å²) in [7, 11) is 1.37. The Balaban J connectivity index is 2.01. The molecule has 1 saturated heterocycles. The number of carbonyl (C=O) groups excluding carboxylic acids is 2. The fraction of sp³-hybridized carbons (Fsp3) is 0.556. The van der Waals surface area contributed by atoms with Crippen molar-refractivity contribution in [3.63, 3.8) is 0 Å². The third kappa shape index (κ3) is 5.23. The van der Waals surface area contributed by atoms with Crippen LogP contribution < -0.4 is 5.32 Å². The number of carbonyl (C=O) groups is 2. The highest BCUT2D eigenvalue weighted by molar-refractivity contribution is 5.76. The molecule has 2 atom stereocenters. The van der Waals surface area contributed by atoms with Gasteiger partial charge in [-0.2, -0.15) is 0 Å². The summed E-state index contributed by atoms with van der Waals surface area (Å²) in [6.45, 7) is 7.26. The van der Waals surface area contributed by atoms with E-state index in [1.807, 2.05) is 30.3 Å². The first-order chi connectivity index (χ1) is 11.3. The lowest BCUT2D eigenvalue weighted by Gasteiger charge is -2.23. The molecule has 0 saturated carbocycles. The fourth-order valence-corrected chi connectivity index (χ4v) is 2.85. The number of hydrogen-bond donors (Lipinski definition) is 1. The third-order valence-electron chi connectivity index (χ3n) is 3.85. The van der Waals surface area contributed by atoms with Crippen LogP contribution in [-0.2, 0) is 20.8 Å². The van der Waals surface area contributed by atoms with Crippen LogP contribution in [0, 0.1) is 5.92 Å². The van der Waals surface area contributed by atoms with Crippen LogP contribution in [0.1, 0.15) is 26.3 Å². The number of likely N-dealkylation sites (tertiary alicyclic amines) is 1. The smallest absolute Gasteiger partial charge is 0.407 e. The Labute approximate surface area is 143 Å². The van der Waals surface area contributed by atoms with E-state index in [-0.39, 0.29) is 12.0 Å². The van der Waals surface area contributed by atoms with Crippen LogP contribution in [0.15, 0.2) is 30.3 Å². The first-order valence-electron chi connectivity index (χ1n) is 8.12. The predicted molar refractivity (Wildman–Crippen MR) is 90.4 cm³/mol. The van der Waals surface area contributed by atoms with Crippen LogP contribution in [0.5, 0.6) is 0 Å². The zero-order valence-corrected chi connectivity index (χ0v) is 14.7. The van der Waals surface area contributed by atoms with Crippen molar-refractivity contribution in [2.45, 2.75) is 39.0 Å². The van der Waals surface area contributed by atoms with E-state index in [9.17, 15) is 9.59 Å². The Bertz CT molecular complexity index is 568. The van der Waals surface area contributed by atoms with Gasteiger partial charge < -0.3 is 14.8 Å². The van der Waals surface area contributed by atoms with Crippen LogP contribution >= 0.6 is 0 Å². The highest BCUT2D eigenvalue weighted by Crippen LogP contribution is 2.21. The lowest BCUT2D eigenvalue weighted by atomic mass is 10.0. The van der Waals surface area contributed by atoms with E-state index in [1.54, 1.807) is 20.8 Å². The molecular weight excluding hydrogens is 308 g/mol. The molecule has 0 radical (unpaired) electrons. The molecule has 1 aromatic rings.